The first-order valence-electron chi connectivity index (χ1n) is 5.80. The van der Waals surface area contributed by atoms with Gasteiger partial charge >= 0.3 is 0 Å². The fourth-order valence-electron chi connectivity index (χ4n) is 1.74. The van der Waals surface area contributed by atoms with Crippen LogP contribution in [0, 0.1) is 17.0 Å². The second kappa shape index (κ2) is 4.95. The van der Waals surface area contributed by atoms with Crippen molar-refractivity contribution in [3.05, 3.63) is 44.2 Å². The molecule has 0 aliphatic heterocycles. The molecule has 0 aliphatic carbocycles. The Kier molecular flexibility index (Phi) is 3.61. The molecule has 0 radical (unpaired) electrons. The van der Waals surface area contributed by atoms with E-state index in [1.165, 1.54) is 16.9 Å². The van der Waals surface area contributed by atoms with Crippen molar-refractivity contribution in [2.75, 3.05) is 0 Å². The van der Waals surface area contributed by atoms with Crippen LogP contribution in [-0.4, -0.2) is 25.0 Å². The molecule has 2 rings (SSSR count). The lowest BCUT2D eigenvalue weighted by atomic mass is 10.1. The van der Waals surface area contributed by atoms with Crippen molar-refractivity contribution in [1.82, 2.24) is 15.0 Å². The van der Waals surface area contributed by atoms with E-state index in [4.69, 9.17) is 0 Å². The Morgan fingerprint density at radius 2 is 2.10 bits per heavy atom. The molecule has 0 spiro atoms. The van der Waals surface area contributed by atoms with Gasteiger partial charge in [0, 0.05) is 6.07 Å². The summed E-state index contributed by atoms with van der Waals surface area (Å²) in [6, 6.07) is 3.22. The molecule has 7 nitrogen and oxygen atoms in total. The van der Waals surface area contributed by atoms with Crippen LogP contribution in [0.1, 0.15) is 25.1 Å². The Hall–Kier alpha value is -1.80. The third-order valence-corrected chi connectivity index (χ3v) is 3.34. The molecular weight excluding hydrogens is 328 g/mol. The van der Waals surface area contributed by atoms with Gasteiger partial charge < -0.3 is 5.11 Å². The van der Waals surface area contributed by atoms with Crippen LogP contribution in [0.15, 0.2) is 22.8 Å². The van der Waals surface area contributed by atoms with Gasteiger partial charge in [-0.1, -0.05) is 5.21 Å². The molecule has 0 amide bonds. The largest absolute Gasteiger partial charge is 0.384 e. The molecule has 0 saturated carbocycles. The topological polar surface area (TPSA) is 94.1 Å². The lowest BCUT2D eigenvalue weighted by molar-refractivity contribution is -0.384. The van der Waals surface area contributed by atoms with Gasteiger partial charge in [0.15, 0.2) is 5.69 Å². The minimum atomic E-state index is -1.16. The van der Waals surface area contributed by atoms with Crippen molar-refractivity contribution in [2.45, 2.75) is 26.4 Å². The Bertz CT molecular complexity index is 676. The number of aryl methyl sites for hydroxylation is 1. The van der Waals surface area contributed by atoms with Gasteiger partial charge in [-0.25, -0.2) is 4.68 Å². The van der Waals surface area contributed by atoms with E-state index >= 15 is 0 Å². The van der Waals surface area contributed by atoms with E-state index < -0.39 is 10.5 Å². The molecule has 0 bridgehead atoms. The zero-order valence-corrected chi connectivity index (χ0v) is 12.7. The summed E-state index contributed by atoms with van der Waals surface area (Å²) in [4.78, 5) is 10.7. The highest BCUT2D eigenvalue weighted by atomic mass is 79.9. The predicted molar refractivity (Wildman–Crippen MR) is 75.7 cm³/mol. The van der Waals surface area contributed by atoms with Crippen LogP contribution in [0.2, 0.25) is 0 Å². The van der Waals surface area contributed by atoms with Crippen molar-refractivity contribution >= 4 is 21.6 Å². The number of hydrogen-bond acceptors (Lipinski definition) is 5. The van der Waals surface area contributed by atoms with E-state index in [9.17, 15) is 15.2 Å². The summed E-state index contributed by atoms with van der Waals surface area (Å²) in [6.45, 7) is 4.91. The molecule has 1 N–H and O–H groups in total. The maximum Gasteiger partial charge on any atom is 0.296 e. The van der Waals surface area contributed by atoms with E-state index in [0.717, 1.165) is 5.56 Å². The van der Waals surface area contributed by atoms with Crippen molar-refractivity contribution in [3.8, 4) is 5.69 Å². The Morgan fingerprint density at radius 1 is 1.45 bits per heavy atom. The van der Waals surface area contributed by atoms with Gasteiger partial charge in [0.1, 0.15) is 11.3 Å². The van der Waals surface area contributed by atoms with Crippen LogP contribution in [0.25, 0.3) is 5.69 Å². The highest BCUT2D eigenvalue weighted by Crippen LogP contribution is 2.32. The normalized spacial score (nSPS) is 11.7. The number of halogens is 1. The van der Waals surface area contributed by atoms with E-state index in [1.807, 2.05) is 0 Å². The highest BCUT2D eigenvalue weighted by molar-refractivity contribution is 9.10. The molecule has 1 heterocycles. The summed E-state index contributed by atoms with van der Waals surface area (Å²) in [5.74, 6) is 0. The SMILES string of the molecule is Cc1cc(Br)c(-n2cc(C(C)(C)O)nn2)c([N+](=O)[O-])c1. The third kappa shape index (κ3) is 2.70. The van der Waals surface area contributed by atoms with Gasteiger partial charge in [-0.3, -0.25) is 10.1 Å². The summed E-state index contributed by atoms with van der Waals surface area (Å²) in [5.41, 5.74) is 0.131. The number of aromatic nitrogens is 3. The van der Waals surface area contributed by atoms with Gasteiger partial charge in [-0.05, 0) is 48.3 Å². The fourth-order valence-corrected chi connectivity index (χ4v) is 2.48. The van der Waals surface area contributed by atoms with Crippen molar-refractivity contribution in [1.29, 1.82) is 0 Å². The summed E-state index contributed by atoms with van der Waals surface area (Å²) >= 11 is 3.31. The lowest BCUT2D eigenvalue weighted by Gasteiger charge is -2.12. The summed E-state index contributed by atoms with van der Waals surface area (Å²) in [7, 11) is 0. The molecule has 0 fully saturated rings. The molecule has 8 heteroatoms. The van der Waals surface area contributed by atoms with Gasteiger partial charge in [0.05, 0.1) is 15.6 Å². The molecule has 0 unspecified atom stereocenters. The molecular formula is C12H13BrN4O3. The maximum absolute atomic E-state index is 11.2. The smallest absolute Gasteiger partial charge is 0.296 e. The van der Waals surface area contributed by atoms with Gasteiger partial charge in [0.25, 0.3) is 5.69 Å². The summed E-state index contributed by atoms with van der Waals surface area (Å²) < 4.78 is 1.82. The number of hydrogen-bond donors (Lipinski definition) is 1. The van der Waals surface area contributed by atoms with Crippen molar-refractivity contribution in [2.24, 2.45) is 0 Å². The van der Waals surface area contributed by atoms with E-state index in [2.05, 4.69) is 26.2 Å². The Balaban J connectivity index is 2.63. The molecule has 0 atom stereocenters. The van der Waals surface area contributed by atoms with Crippen LogP contribution in [0.3, 0.4) is 0 Å². The molecule has 2 aromatic rings. The molecule has 0 saturated heterocycles. The minimum absolute atomic E-state index is 0.0796. The summed E-state index contributed by atoms with van der Waals surface area (Å²) in [6.07, 6.45) is 1.47. The molecule has 106 valence electrons. The van der Waals surface area contributed by atoms with Gasteiger partial charge in [-0.15, -0.1) is 5.10 Å². The van der Waals surface area contributed by atoms with E-state index in [0.29, 0.717) is 10.2 Å². The minimum Gasteiger partial charge on any atom is -0.384 e. The molecule has 0 aliphatic rings. The second-order valence-electron chi connectivity index (χ2n) is 4.98. The summed E-state index contributed by atoms with van der Waals surface area (Å²) in [5, 5.41) is 28.8. The van der Waals surface area contributed by atoms with Gasteiger partial charge in [-0.2, -0.15) is 0 Å². The van der Waals surface area contributed by atoms with Crippen molar-refractivity contribution < 1.29 is 10.0 Å². The molecule has 20 heavy (non-hydrogen) atoms. The quantitative estimate of drug-likeness (QED) is 0.684. The highest BCUT2D eigenvalue weighted by Gasteiger charge is 2.24. The Labute approximate surface area is 123 Å². The molecule has 1 aromatic heterocycles. The average molecular weight is 341 g/mol. The monoisotopic (exact) mass is 340 g/mol. The first-order chi connectivity index (χ1) is 9.20. The Morgan fingerprint density at radius 3 is 2.60 bits per heavy atom. The van der Waals surface area contributed by atoms with Crippen LogP contribution in [0.4, 0.5) is 5.69 Å². The zero-order chi connectivity index (χ0) is 15.1. The standard InChI is InChI=1S/C12H13BrN4O3/c1-7-4-8(13)11(9(5-7)17(19)20)16-6-10(14-15-16)12(2,3)18/h4-6,18H,1-3H3. The second-order valence-corrected chi connectivity index (χ2v) is 5.83. The van der Waals surface area contributed by atoms with E-state index in [-0.39, 0.29) is 11.4 Å². The number of nitro benzene ring substituents is 1. The third-order valence-electron chi connectivity index (χ3n) is 2.73. The van der Waals surface area contributed by atoms with Crippen LogP contribution in [-0.2, 0) is 5.60 Å². The van der Waals surface area contributed by atoms with Crippen LogP contribution in [0.5, 0.6) is 0 Å². The maximum atomic E-state index is 11.2. The average Bonchev–Trinajstić information content (AvgIpc) is 2.76. The number of nitro groups is 1. The lowest BCUT2D eigenvalue weighted by Crippen LogP contribution is -2.15. The van der Waals surface area contributed by atoms with Crippen molar-refractivity contribution in [3.63, 3.8) is 0 Å². The fraction of sp³-hybridized carbons (Fsp3) is 0.333. The van der Waals surface area contributed by atoms with Gasteiger partial charge in [0.2, 0.25) is 0 Å². The molecule has 1 aromatic carbocycles. The number of benzene rings is 1. The number of nitrogens with zero attached hydrogens (tertiary/aromatic N) is 4. The number of rotatable bonds is 3. The van der Waals surface area contributed by atoms with Crippen LogP contribution >= 0.6 is 15.9 Å². The number of aliphatic hydroxyl groups is 1. The predicted octanol–water partition coefficient (Wildman–Crippen LogP) is 2.47. The van der Waals surface area contributed by atoms with Crippen LogP contribution < -0.4 is 0 Å². The first kappa shape index (κ1) is 14.6. The first-order valence-corrected chi connectivity index (χ1v) is 6.59. The zero-order valence-electron chi connectivity index (χ0n) is 11.2. The van der Waals surface area contributed by atoms with E-state index in [1.54, 1.807) is 26.8 Å².